The van der Waals surface area contributed by atoms with Crippen LogP contribution in [0.2, 0.25) is 0 Å². The SMILES string of the molecule is C=CCN(CC(=O)O)C(=O)NCc1ccoc1. The van der Waals surface area contributed by atoms with Gasteiger partial charge in [0, 0.05) is 18.7 Å². The van der Waals surface area contributed by atoms with Crippen LogP contribution < -0.4 is 5.32 Å². The van der Waals surface area contributed by atoms with E-state index >= 15 is 0 Å². The third kappa shape index (κ3) is 4.42. The molecule has 0 saturated heterocycles. The number of carboxylic acid groups (broad SMARTS) is 1. The fourth-order valence-corrected chi connectivity index (χ4v) is 1.22. The van der Waals surface area contributed by atoms with Crippen molar-refractivity contribution < 1.29 is 19.1 Å². The number of carboxylic acids is 1. The van der Waals surface area contributed by atoms with E-state index in [-0.39, 0.29) is 13.1 Å². The topological polar surface area (TPSA) is 82.8 Å². The van der Waals surface area contributed by atoms with E-state index in [1.807, 2.05) is 0 Å². The van der Waals surface area contributed by atoms with Gasteiger partial charge in [0.25, 0.3) is 0 Å². The first-order chi connectivity index (χ1) is 8.13. The van der Waals surface area contributed by atoms with Crippen molar-refractivity contribution in [1.82, 2.24) is 10.2 Å². The summed E-state index contributed by atoms with van der Waals surface area (Å²) in [4.78, 5) is 23.3. The highest BCUT2D eigenvalue weighted by atomic mass is 16.4. The van der Waals surface area contributed by atoms with E-state index in [9.17, 15) is 9.59 Å². The molecule has 0 saturated carbocycles. The van der Waals surface area contributed by atoms with Gasteiger partial charge in [-0.2, -0.15) is 0 Å². The molecule has 2 amide bonds. The van der Waals surface area contributed by atoms with Crippen LogP contribution in [0.3, 0.4) is 0 Å². The molecule has 0 aliphatic carbocycles. The van der Waals surface area contributed by atoms with Crippen molar-refractivity contribution in [2.24, 2.45) is 0 Å². The zero-order valence-electron chi connectivity index (χ0n) is 9.26. The molecule has 0 bridgehead atoms. The number of carbonyl (C=O) groups is 2. The molecule has 0 atom stereocenters. The van der Waals surface area contributed by atoms with Crippen molar-refractivity contribution in [2.45, 2.75) is 6.54 Å². The number of rotatable bonds is 6. The lowest BCUT2D eigenvalue weighted by Gasteiger charge is -2.19. The van der Waals surface area contributed by atoms with E-state index in [1.54, 1.807) is 6.07 Å². The Hall–Kier alpha value is -2.24. The van der Waals surface area contributed by atoms with E-state index in [0.29, 0.717) is 6.54 Å². The van der Waals surface area contributed by atoms with Crippen LogP contribution in [0.25, 0.3) is 0 Å². The van der Waals surface area contributed by atoms with Gasteiger partial charge in [-0.1, -0.05) is 6.08 Å². The largest absolute Gasteiger partial charge is 0.480 e. The van der Waals surface area contributed by atoms with Crippen molar-refractivity contribution in [3.05, 3.63) is 36.8 Å². The molecule has 2 N–H and O–H groups in total. The molecule has 1 aromatic heterocycles. The minimum atomic E-state index is -1.06. The molecule has 6 heteroatoms. The normalized spacial score (nSPS) is 9.65. The number of nitrogens with zero attached hydrogens (tertiary/aromatic N) is 1. The van der Waals surface area contributed by atoms with Gasteiger partial charge >= 0.3 is 12.0 Å². The lowest BCUT2D eigenvalue weighted by molar-refractivity contribution is -0.137. The maximum Gasteiger partial charge on any atom is 0.323 e. The van der Waals surface area contributed by atoms with Gasteiger partial charge in [0.15, 0.2) is 0 Å². The van der Waals surface area contributed by atoms with E-state index in [1.165, 1.54) is 18.6 Å². The number of hydrogen-bond donors (Lipinski definition) is 2. The smallest absolute Gasteiger partial charge is 0.323 e. The summed E-state index contributed by atoms with van der Waals surface area (Å²) >= 11 is 0. The summed E-state index contributed by atoms with van der Waals surface area (Å²) in [5.41, 5.74) is 0.812. The van der Waals surface area contributed by atoms with E-state index in [4.69, 9.17) is 9.52 Å². The fourth-order valence-electron chi connectivity index (χ4n) is 1.22. The second-order valence-corrected chi connectivity index (χ2v) is 3.35. The van der Waals surface area contributed by atoms with E-state index < -0.39 is 12.0 Å². The summed E-state index contributed by atoms with van der Waals surface area (Å²) < 4.78 is 4.84. The van der Waals surface area contributed by atoms with Crippen molar-refractivity contribution in [1.29, 1.82) is 0 Å². The van der Waals surface area contributed by atoms with Gasteiger partial charge in [-0.15, -0.1) is 6.58 Å². The van der Waals surface area contributed by atoms with Gasteiger partial charge in [-0.25, -0.2) is 4.79 Å². The highest BCUT2D eigenvalue weighted by Crippen LogP contribution is 1.99. The first kappa shape index (κ1) is 12.8. The van der Waals surface area contributed by atoms with Gasteiger partial charge in [-0.05, 0) is 6.07 Å². The molecule has 0 aliphatic rings. The van der Waals surface area contributed by atoms with Crippen LogP contribution >= 0.6 is 0 Å². The lowest BCUT2D eigenvalue weighted by Crippen LogP contribution is -2.42. The first-order valence-corrected chi connectivity index (χ1v) is 5.00. The van der Waals surface area contributed by atoms with Crippen LogP contribution in [-0.2, 0) is 11.3 Å². The van der Waals surface area contributed by atoms with Crippen molar-refractivity contribution >= 4 is 12.0 Å². The Labute approximate surface area is 98.5 Å². The average Bonchev–Trinajstić information content (AvgIpc) is 2.77. The summed E-state index contributed by atoms with van der Waals surface area (Å²) in [7, 11) is 0. The van der Waals surface area contributed by atoms with Crippen LogP contribution in [0.5, 0.6) is 0 Å². The van der Waals surface area contributed by atoms with Crippen LogP contribution in [-0.4, -0.2) is 35.1 Å². The number of carbonyl (C=O) groups excluding carboxylic acids is 1. The minimum absolute atomic E-state index is 0.184. The molecule has 1 aromatic rings. The van der Waals surface area contributed by atoms with Gasteiger partial charge in [0.2, 0.25) is 0 Å². The van der Waals surface area contributed by atoms with Crippen LogP contribution in [0.15, 0.2) is 35.7 Å². The summed E-state index contributed by atoms with van der Waals surface area (Å²) in [5.74, 6) is -1.06. The lowest BCUT2D eigenvalue weighted by atomic mass is 10.3. The third-order valence-corrected chi connectivity index (χ3v) is 1.99. The number of urea groups is 1. The number of hydrogen-bond acceptors (Lipinski definition) is 3. The van der Waals surface area contributed by atoms with Crippen molar-refractivity contribution in [3.8, 4) is 0 Å². The standard InChI is InChI=1S/C11H14N2O4/c1-2-4-13(7-10(14)15)11(16)12-6-9-3-5-17-8-9/h2-3,5,8H,1,4,6-7H2,(H,12,16)(H,14,15). The van der Waals surface area contributed by atoms with Crippen LogP contribution in [0.1, 0.15) is 5.56 Å². The second kappa shape index (κ2) is 6.37. The monoisotopic (exact) mass is 238 g/mol. The van der Waals surface area contributed by atoms with Gasteiger partial charge in [0.1, 0.15) is 6.54 Å². The summed E-state index contributed by atoms with van der Waals surface area (Å²) in [6.07, 6.45) is 4.48. The molecule has 1 heterocycles. The Morgan fingerprint density at radius 2 is 2.35 bits per heavy atom. The Kier molecular flexibility index (Phi) is 4.80. The summed E-state index contributed by atoms with van der Waals surface area (Å²) in [6, 6.07) is 1.27. The Morgan fingerprint density at radius 3 is 2.88 bits per heavy atom. The second-order valence-electron chi connectivity index (χ2n) is 3.35. The molecule has 0 fully saturated rings. The number of furan rings is 1. The van der Waals surface area contributed by atoms with Gasteiger partial charge in [-0.3, -0.25) is 4.79 Å². The fraction of sp³-hybridized carbons (Fsp3) is 0.273. The molecule has 0 aromatic carbocycles. The maximum absolute atomic E-state index is 11.6. The minimum Gasteiger partial charge on any atom is -0.480 e. The molecule has 6 nitrogen and oxygen atoms in total. The van der Waals surface area contributed by atoms with Crippen LogP contribution in [0.4, 0.5) is 4.79 Å². The molecule has 1 rings (SSSR count). The summed E-state index contributed by atoms with van der Waals surface area (Å²) in [6.45, 7) is 3.59. The molecular weight excluding hydrogens is 224 g/mol. The zero-order chi connectivity index (χ0) is 12.7. The molecule has 17 heavy (non-hydrogen) atoms. The zero-order valence-corrected chi connectivity index (χ0v) is 9.26. The van der Waals surface area contributed by atoms with Crippen molar-refractivity contribution in [3.63, 3.8) is 0 Å². The predicted molar refractivity (Wildman–Crippen MR) is 60.3 cm³/mol. The summed E-state index contributed by atoms with van der Waals surface area (Å²) in [5, 5.41) is 11.2. The van der Waals surface area contributed by atoms with Gasteiger partial charge in [0.05, 0.1) is 12.5 Å². The Morgan fingerprint density at radius 1 is 1.59 bits per heavy atom. The van der Waals surface area contributed by atoms with Crippen molar-refractivity contribution in [2.75, 3.05) is 13.1 Å². The molecule has 92 valence electrons. The number of amides is 2. The quantitative estimate of drug-likeness (QED) is 0.726. The molecule has 0 radical (unpaired) electrons. The molecule has 0 aliphatic heterocycles. The predicted octanol–water partition coefficient (Wildman–Crippen LogP) is 1.06. The van der Waals surface area contributed by atoms with Crippen LogP contribution in [0, 0.1) is 0 Å². The highest BCUT2D eigenvalue weighted by Gasteiger charge is 2.14. The molecule has 0 spiro atoms. The molecular formula is C11H14N2O4. The maximum atomic E-state index is 11.6. The Bertz CT molecular complexity index is 386. The average molecular weight is 238 g/mol. The number of aliphatic carboxylic acids is 1. The molecule has 0 unspecified atom stereocenters. The Balaban J connectivity index is 2.46. The third-order valence-electron chi connectivity index (χ3n) is 1.99. The first-order valence-electron chi connectivity index (χ1n) is 5.00. The van der Waals surface area contributed by atoms with Gasteiger partial charge < -0.3 is 19.7 Å². The van der Waals surface area contributed by atoms with E-state index in [2.05, 4.69) is 11.9 Å². The highest BCUT2D eigenvalue weighted by molar-refractivity contribution is 5.80. The number of nitrogens with one attached hydrogen (secondary N) is 1. The van der Waals surface area contributed by atoms with E-state index in [0.717, 1.165) is 10.5 Å².